The summed E-state index contributed by atoms with van der Waals surface area (Å²) in [5.41, 5.74) is -0.370. The SMILES string of the molecule is CC(C)(C)NC(=O)N(CCCN1CCOCC1)C(C)(C)C. The minimum Gasteiger partial charge on any atom is -0.379 e. The van der Waals surface area contributed by atoms with Crippen molar-refractivity contribution in [1.82, 2.24) is 15.1 Å². The average Bonchev–Trinajstić information content (AvgIpc) is 2.32. The second-order valence-electron chi connectivity index (χ2n) is 7.81. The van der Waals surface area contributed by atoms with Crippen molar-refractivity contribution in [2.45, 2.75) is 59.0 Å². The lowest BCUT2D eigenvalue weighted by molar-refractivity contribution is 0.0352. The number of carbonyl (C=O) groups excluding carboxylic acids is 1. The van der Waals surface area contributed by atoms with Gasteiger partial charge in [-0.3, -0.25) is 4.90 Å². The highest BCUT2D eigenvalue weighted by atomic mass is 16.5. The van der Waals surface area contributed by atoms with Crippen molar-refractivity contribution in [2.24, 2.45) is 0 Å². The Morgan fingerprint density at radius 1 is 1.14 bits per heavy atom. The van der Waals surface area contributed by atoms with Crippen molar-refractivity contribution in [3.63, 3.8) is 0 Å². The molecule has 0 atom stereocenters. The van der Waals surface area contributed by atoms with Gasteiger partial charge in [-0.1, -0.05) is 0 Å². The zero-order valence-corrected chi connectivity index (χ0v) is 14.7. The van der Waals surface area contributed by atoms with Crippen LogP contribution in [-0.4, -0.2) is 66.3 Å². The Bertz CT molecular complexity index is 325. The molecule has 1 aliphatic rings. The summed E-state index contributed by atoms with van der Waals surface area (Å²) in [4.78, 5) is 16.8. The summed E-state index contributed by atoms with van der Waals surface area (Å²) in [7, 11) is 0. The number of rotatable bonds is 4. The van der Waals surface area contributed by atoms with Crippen molar-refractivity contribution in [2.75, 3.05) is 39.4 Å². The number of carbonyl (C=O) groups is 1. The maximum Gasteiger partial charge on any atom is 0.318 e. The van der Waals surface area contributed by atoms with Gasteiger partial charge >= 0.3 is 6.03 Å². The van der Waals surface area contributed by atoms with Crippen LogP contribution in [0.3, 0.4) is 0 Å². The van der Waals surface area contributed by atoms with E-state index in [9.17, 15) is 4.79 Å². The topological polar surface area (TPSA) is 44.8 Å². The Kier molecular flexibility index (Phi) is 6.47. The van der Waals surface area contributed by atoms with Gasteiger partial charge in [-0.15, -0.1) is 0 Å². The normalized spacial score (nSPS) is 17.6. The summed E-state index contributed by atoms with van der Waals surface area (Å²) in [6.07, 6.45) is 0.995. The smallest absolute Gasteiger partial charge is 0.318 e. The van der Waals surface area contributed by atoms with E-state index >= 15 is 0 Å². The Balaban J connectivity index is 2.48. The van der Waals surface area contributed by atoms with Gasteiger partial charge in [0.25, 0.3) is 0 Å². The number of nitrogens with one attached hydrogen (secondary N) is 1. The molecule has 0 spiro atoms. The van der Waals surface area contributed by atoms with E-state index < -0.39 is 0 Å². The quantitative estimate of drug-likeness (QED) is 0.866. The van der Waals surface area contributed by atoms with Gasteiger partial charge in [0, 0.05) is 37.3 Å². The third kappa shape index (κ3) is 7.14. The van der Waals surface area contributed by atoms with Gasteiger partial charge in [0.05, 0.1) is 13.2 Å². The molecule has 1 N–H and O–H groups in total. The van der Waals surface area contributed by atoms with Crippen LogP contribution in [0.2, 0.25) is 0 Å². The van der Waals surface area contributed by atoms with Crippen LogP contribution in [0.1, 0.15) is 48.0 Å². The summed E-state index contributed by atoms with van der Waals surface area (Å²) in [6.45, 7) is 17.8. The van der Waals surface area contributed by atoms with Crippen LogP contribution in [0.25, 0.3) is 0 Å². The minimum atomic E-state index is -0.204. The van der Waals surface area contributed by atoms with Crippen LogP contribution in [-0.2, 0) is 4.74 Å². The van der Waals surface area contributed by atoms with Crippen LogP contribution < -0.4 is 5.32 Å². The fourth-order valence-electron chi connectivity index (χ4n) is 2.41. The number of hydrogen-bond donors (Lipinski definition) is 1. The summed E-state index contributed by atoms with van der Waals surface area (Å²) in [5.74, 6) is 0. The molecule has 5 nitrogen and oxygen atoms in total. The highest BCUT2D eigenvalue weighted by Gasteiger charge is 2.28. The number of amides is 2. The Labute approximate surface area is 130 Å². The molecule has 0 aromatic heterocycles. The van der Waals surface area contributed by atoms with E-state index in [4.69, 9.17) is 4.74 Å². The number of morpholine rings is 1. The molecule has 1 aliphatic heterocycles. The first-order valence-electron chi connectivity index (χ1n) is 7.99. The van der Waals surface area contributed by atoms with Gasteiger partial charge in [0.15, 0.2) is 0 Å². The maximum atomic E-state index is 12.5. The summed E-state index contributed by atoms with van der Waals surface area (Å²) >= 11 is 0. The van der Waals surface area contributed by atoms with Crippen LogP contribution in [0.5, 0.6) is 0 Å². The minimum absolute atomic E-state index is 0.0250. The molecule has 5 heteroatoms. The van der Waals surface area contributed by atoms with Crippen LogP contribution in [0.15, 0.2) is 0 Å². The molecular weight excluding hydrogens is 266 g/mol. The van der Waals surface area contributed by atoms with E-state index in [0.717, 1.165) is 45.8 Å². The lowest BCUT2D eigenvalue weighted by Crippen LogP contribution is -2.55. The molecule has 0 aromatic rings. The van der Waals surface area contributed by atoms with E-state index in [-0.39, 0.29) is 17.1 Å². The third-order valence-corrected chi connectivity index (χ3v) is 3.50. The average molecular weight is 299 g/mol. The first-order valence-corrected chi connectivity index (χ1v) is 7.99. The molecule has 1 fully saturated rings. The lowest BCUT2D eigenvalue weighted by atomic mass is 10.1. The van der Waals surface area contributed by atoms with Crippen molar-refractivity contribution < 1.29 is 9.53 Å². The van der Waals surface area contributed by atoms with E-state index in [1.807, 2.05) is 25.7 Å². The van der Waals surface area contributed by atoms with E-state index in [2.05, 4.69) is 31.0 Å². The second-order valence-corrected chi connectivity index (χ2v) is 7.81. The van der Waals surface area contributed by atoms with Crippen molar-refractivity contribution >= 4 is 6.03 Å². The zero-order valence-electron chi connectivity index (χ0n) is 14.7. The van der Waals surface area contributed by atoms with Gasteiger partial charge in [-0.05, 0) is 48.0 Å². The summed E-state index contributed by atoms with van der Waals surface area (Å²) in [5, 5.41) is 3.07. The molecule has 0 aromatic carbocycles. The molecule has 0 saturated carbocycles. The van der Waals surface area contributed by atoms with E-state index in [1.54, 1.807) is 0 Å². The molecule has 124 valence electrons. The summed E-state index contributed by atoms with van der Waals surface area (Å²) in [6, 6.07) is 0.0250. The maximum absolute atomic E-state index is 12.5. The standard InChI is InChI=1S/C16H33N3O2/c1-15(2,3)17-14(20)19(16(4,5)6)9-7-8-18-10-12-21-13-11-18/h7-13H2,1-6H3,(H,17,20). The Morgan fingerprint density at radius 2 is 1.71 bits per heavy atom. The number of urea groups is 1. The van der Waals surface area contributed by atoms with Gasteiger partial charge < -0.3 is 15.0 Å². The number of nitrogens with zero attached hydrogens (tertiary/aromatic N) is 2. The highest BCUT2D eigenvalue weighted by Crippen LogP contribution is 2.15. The first kappa shape index (κ1) is 18.2. The Hall–Kier alpha value is -0.810. The van der Waals surface area contributed by atoms with Crippen LogP contribution >= 0.6 is 0 Å². The molecule has 21 heavy (non-hydrogen) atoms. The predicted molar refractivity (Wildman–Crippen MR) is 86.6 cm³/mol. The fourth-order valence-corrected chi connectivity index (χ4v) is 2.41. The second kappa shape index (κ2) is 7.45. The summed E-state index contributed by atoms with van der Waals surface area (Å²) < 4.78 is 5.36. The molecular formula is C16H33N3O2. The molecule has 0 bridgehead atoms. The van der Waals surface area contributed by atoms with Crippen LogP contribution in [0, 0.1) is 0 Å². The molecule has 1 saturated heterocycles. The van der Waals surface area contributed by atoms with Crippen molar-refractivity contribution in [1.29, 1.82) is 0 Å². The van der Waals surface area contributed by atoms with Crippen molar-refractivity contribution in [3.05, 3.63) is 0 Å². The third-order valence-electron chi connectivity index (χ3n) is 3.50. The van der Waals surface area contributed by atoms with Crippen LogP contribution in [0.4, 0.5) is 4.79 Å². The molecule has 0 radical (unpaired) electrons. The molecule has 0 aliphatic carbocycles. The molecule has 2 amide bonds. The highest BCUT2D eigenvalue weighted by molar-refractivity contribution is 5.75. The van der Waals surface area contributed by atoms with Gasteiger partial charge in [0.1, 0.15) is 0 Å². The number of hydrogen-bond acceptors (Lipinski definition) is 3. The molecule has 0 unspecified atom stereocenters. The molecule has 1 rings (SSSR count). The largest absolute Gasteiger partial charge is 0.379 e. The van der Waals surface area contributed by atoms with Gasteiger partial charge in [0.2, 0.25) is 0 Å². The van der Waals surface area contributed by atoms with E-state index in [1.165, 1.54) is 0 Å². The first-order chi connectivity index (χ1) is 9.59. The fraction of sp³-hybridized carbons (Fsp3) is 0.938. The number of ether oxygens (including phenoxy) is 1. The zero-order chi connectivity index (χ0) is 16.1. The molecule has 1 heterocycles. The lowest BCUT2D eigenvalue weighted by Gasteiger charge is -2.38. The van der Waals surface area contributed by atoms with Gasteiger partial charge in [-0.2, -0.15) is 0 Å². The van der Waals surface area contributed by atoms with E-state index in [0.29, 0.717) is 0 Å². The predicted octanol–water partition coefficient (Wildman–Crippen LogP) is 2.32. The monoisotopic (exact) mass is 299 g/mol. The Morgan fingerprint density at radius 3 is 2.19 bits per heavy atom. The van der Waals surface area contributed by atoms with Gasteiger partial charge in [-0.25, -0.2) is 4.79 Å². The van der Waals surface area contributed by atoms with Crippen molar-refractivity contribution in [3.8, 4) is 0 Å².